The van der Waals surface area contributed by atoms with Crippen LogP contribution < -0.4 is 5.56 Å². The molecule has 2 aromatic heterocycles. The maximum atomic E-state index is 12.7. The molecule has 1 saturated heterocycles. The van der Waals surface area contributed by atoms with Gasteiger partial charge in [-0.25, -0.2) is 18.7 Å². The smallest absolute Gasteiger partial charge is 0.280 e. The number of nitrogens with zero attached hydrogens (tertiary/aromatic N) is 4. The van der Waals surface area contributed by atoms with Crippen LogP contribution >= 0.6 is 0 Å². The summed E-state index contributed by atoms with van der Waals surface area (Å²) in [6, 6.07) is 6.27. The number of rotatable bonds is 4. The Bertz CT molecular complexity index is 1050. The number of aromatic nitrogens is 4. The molecule has 146 valence electrons. The predicted octanol–water partition coefficient (Wildman–Crippen LogP) is 2.61. The third-order valence-electron chi connectivity index (χ3n) is 5.15. The molecule has 7 nitrogen and oxygen atoms in total. The van der Waals surface area contributed by atoms with Crippen LogP contribution in [0.5, 0.6) is 0 Å². The van der Waals surface area contributed by atoms with E-state index in [-0.39, 0.29) is 11.8 Å². The molecule has 1 aliphatic heterocycles. The van der Waals surface area contributed by atoms with Gasteiger partial charge in [0.2, 0.25) is 0 Å². The lowest BCUT2D eigenvalue weighted by molar-refractivity contribution is 0.0682. The molecular formula is C19H19F2N5O2. The van der Waals surface area contributed by atoms with Crippen molar-refractivity contribution in [3.8, 4) is 0 Å². The Morgan fingerprint density at radius 3 is 2.71 bits per heavy atom. The average molecular weight is 387 g/mol. The van der Waals surface area contributed by atoms with Gasteiger partial charge in [-0.2, -0.15) is 0 Å². The number of benzene rings is 1. The minimum atomic E-state index is -2.75. The fourth-order valence-electron chi connectivity index (χ4n) is 3.54. The van der Waals surface area contributed by atoms with Crippen LogP contribution in [0.4, 0.5) is 8.78 Å². The second-order valence-corrected chi connectivity index (χ2v) is 6.98. The summed E-state index contributed by atoms with van der Waals surface area (Å²) in [4.78, 5) is 37.3. The van der Waals surface area contributed by atoms with E-state index in [4.69, 9.17) is 0 Å². The fraction of sp³-hybridized carbons (Fsp3) is 0.368. The van der Waals surface area contributed by atoms with Crippen molar-refractivity contribution in [2.24, 2.45) is 5.92 Å². The Kier molecular flexibility index (Phi) is 4.89. The molecule has 1 N–H and O–H groups in total. The first kappa shape index (κ1) is 18.3. The number of likely N-dealkylation sites (tertiary alicyclic amines) is 1. The molecule has 9 heteroatoms. The summed E-state index contributed by atoms with van der Waals surface area (Å²) in [6.07, 6.45) is 1.50. The molecule has 0 unspecified atom stereocenters. The molecule has 3 heterocycles. The molecule has 0 atom stereocenters. The highest BCUT2D eigenvalue weighted by Crippen LogP contribution is 2.22. The number of carbonyl (C=O) groups excluding carboxylic acids is 1. The van der Waals surface area contributed by atoms with E-state index < -0.39 is 17.7 Å². The van der Waals surface area contributed by atoms with E-state index in [1.165, 1.54) is 10.9 Å². The maximum Gasteiger partial charge on any atom is 0.280 e. The summed E-state index contributed by atoms with van der Waals surface area (Å²) in [5.74, 6) is 0.158. The second-order valence-electron chi connectivity index (χ2n) is 6.98. The molecule has 0 aliphatic carbocycles. The summed E-state index contributed by atoms with van der Waals surface area (Å²) in [5.41, 5.74) is 1.26. The summed E-state index contributed by atoms with van der Waals surface area (Å²) in [5, 5.41) is 0. The van der Waals surface area contributed by atoms with Gasteiger partial charge in [0, 0.05) is 31.3 Å². The predicted molar refractivity (Wildman–Crippen MR) is 98.2 cm³/mol. The van der Waals surface area contributed by atoms with Crippen LogP contribution in [-0.2, 0) is 6.54 Å². The van der Waals surface area contributed by atoms with Crippen molar-refractivity contribution < 1.29 is 13.6 Å². The van der Waals surface area contributed by atoms with Gasteiger partial charge in [0.1, 0.15) is 5.69 Å². The SMILES string of the molecule is O=C(c1ccc2nc[nH]c2c1)N1CCC(Cn2cnc(C(F)F)cc2=O)CC1. The number of amides is 1. The Hall–Kier alpha value is -3.10. The van der Waals surface area contributed by atoms with Gasteiger partial charge in [-0.1, -0.05) is 0 Å². The molecule has 28 heavy (non-hydrogen) atoms. The van der Waals surface area contributed by atoms with Crippen LogP contribution in [0, 0.1) is 5.92 Å². The van der Waals surface area contributed by atoms with E-state index in [1.54, 1.807) is 23.4 Å². The third kappa shape index (κ3) is 3.64. The highest BCUT2D eigenvalue weighted by Gasteiger charge is 2.24. The number of carbonyl (C=O) groups is 1. The minimum Gasteiger partial charge on any atom is -0.345 e. The van der Waals surface area contributed by atoms with E-state index in [1.807, 2.05) is 6.07 Å². The van der Waals surface area contributed by atoms with E-state index >= 15 is 0 Å². The first-order valence-corrected chi connectivity index (χ1v) is 9.08. The second kappa shape index (κ2) is 7.49. The van der Waals surface area contributed by atoms with E-state index in [0.717, 1.165) is 29.9 Å². The normalized spacial score (nSPS) is 15.5. The van der Waals surface area contributed by atoms with Crippen LogP contribution in [0.1, 0.15) is 35.3 Å². The van der Waals surface area contributed by atoms with Crippen molar-refractivity contribution in [2.45, 2.75) is 25.8 Å². The number of halogens is 2. The highest BCUT2D eigenvalue weighted by atomic mass is 19.3. The standard InChI is InChI=1S/C19H19F2N5O2/c20-18(21)16-8-17(27)26(11-24-16)9-12-3-5-25(6-4-12)19(28)13-1-2-14-15(7-13)23-10-22-14/h1-2,7-8,10-12,18H,3-6,9H2,(H,22,23). The lowest BCUT2D eigenvalue weighted by Gasteiger charge is -2.32. The van der Waals surface area contributed by atoms with Crippen LogP contribution in [0.3, 0.4) is 0 Å². The zero-order valence-corrected chi connectivity index (χ0v) is 15.0. The molecule has 1 amide bonds. The quantitative estimate of drug-likeness (QED) is 0.746. The van der Waals surface area contributed by atoms with Gasteiger partial charge < -0.3 is 9.88 Å². The Morgan fingerprint density at radius 1 is 1.21 bits per heavy atom. The largest absolute Gasteiger partial charge is 0.345 e. The molecule has 0 spiro atoms. The van der Waals surface area contributed by atoms with Crippen molar-refractivity contribution in [3.63, 3.8) is 0 Å². The topological polar surface area (TPSA) is 83.9 Å². The molecule has 1 fully saturated rings. The maximum absolute atomic E-state index is 12.7. The molecule has 4 rings (SSSR count). The number of imidazole rings is 1. The Balaban J connectivity index is 1.38. The Morgan fingerprint density at radius 2 is 2.00 bits per heavy atom. The van der Waals surface area contributed by atoms with Crippen molar-refractivity contribution in [2.75, 3.05) is 13.1 Å². The summed E-state index contributed by atoms with van der Waals surface area (Å²) >= 11 is 0. The number of alkyl halides is 2. The van der Waals surface area contributed by atoms with Crippen LogP contribution in [0.2, 0.25) is 0 Å². The summed E-state index contributed by atoms with van der Waals surface area (Å²) in [6.45, 7) is 1.58. The van der Waals surface area contributed by atoms with Crippen LogP contribution in [-0.4, -0.2) is 43.4 Å². The van der Waals surface area contributed by atoms with Crippen LogP contribution in [0.25, 0.3) is 11.0 Å². The van der Waals surface area contributed by atoms with Gasteiger partial charge in [-0.15, -0.1) is 0 Å². The summed E-state index contributed by atoms with van der Waals surface area (Å²) < 4.78 is 26.6. The number of fused-ring (bicyclic) bond motifs is 1. The van der Waals surface area contributed by atoms with E-state index in [9.17, 15) is 18.4 Å². The van der Waals surface area contributed by atoms with Crippen molar-refractivity contribution in [3.05, 3.63) is 58.5 Å². The zero-order chi connectivity index (χ0) is 19.7. The van der Waals surface area contributed by atoms with Gasteiger partial charge in [0.25, 0.3) is 17.9 Å². The van der Waals surface area contributed by atoms with Crippen LogP contribution in [0.15, 0.2) is 41.7 Å². The molecule has 3 aromatic rings. The van der Waals surface area contributed by atoms with Crippen molar-refractivity contribution in [1.29, 1.82) is 0 Å². The lowest BCUT2D eigenvalue weighted by Crippen LogP contribution is -2.40. The third-order valence-corrected chi connectivity index (χ3v) is 5.15. The monoisotopic (exact) mass is 387 g/mol. The summed E-state index contributed by atoms with van der Waals surface area (Å²) in [7, 11) is 0. The number of aromatic amines is 1. The number of hydrogen-bond acceptors (Lipinski definition) is 4. The average Bonchev–Trinajstić information content (AvgIpc) is 3.17. The molecule has 1 aliphatic rings. The van der Waals surface area contributed by atoms with Gasteiger partial charge in [0.05, 0.1) is 23.7 Å². The van der Waals surface area contributed by atoms with Crippen molar-refractivity contribution in [1.82, 2.24) is 24.4 Å². The van der Waals surface area contributed by atoms with Gasteiger partial charge in [-0.05, 0) is 37.0 Å². The lowest BCUT2D eigenvalue weighted by atomic mass is 9.96. The van der Waals surface area contributed by atoms with Gasteiger partial charge in [-0.3, -0.25) is 14.2 Å². The Labute approximate surface area is 159 Å². The first-order chi connectivity index (χ1) is 13.5. The van der Waals surface area contributed by atoms with E-state index in [0.29, 0.717) is 25.2 Å². The number of H-pyrrole nitrogens is 1. The number of nitrogens with one attached hydrogen (secondary N) is 1. The van der Waals surface area contributed by atoms with Gasteiger partial charge >= 0.3 is 0 Å². The molecule has 0 radical (unpaired) electrons. The highest BCUT2D eigenvalue weighted by molar-refractivity contribution is 5.97. The first-order valence-electron chi connectivity index (χ1n) is 9.08. The number of piperidine rings is 1. The molecule has 0 saturated carbocycles. The van der Waals surface area contributed by atoms with E-state index in [2.05, 4.69) is 15.0 Å². The van der Waals surface area contributed by atoms with Gasteiger partial charge in [0.15, 0.2) is 0 Å². The molecular weight excluding hydrogens is 368 g/mol. The zero-order valence-electron chi connectivity index (χ0n) is 15.0. The minimum absolute atomic E-state index is 0.0323. The van der Waals surface area contributed by atoms with Crippen molar-refractivity contribution >= 4 is 16.9 Å². The number of hydrogen-bond donors (Lipinski definition) is 1. The fourth-order valence-corrected chi connectivity index (χ4v) is 3.54. The molecule has 1 aromatic carbocycles. The molecule has 0 bridgehead atoms.